The Bertz CT molecular complexity index is 729. The van der Waals surface area contributed by atoms with Crippen LogP contribution in [0.1, 0.15) is 29.4 Å². The van der Waals surface area contributed by atoms with Gasteiger partial charge in [0.05, 0.1) is 24.3 Å². The van der Waals surface area contributed by atoms with Crippen molar-refractivity contribution < 1.29 is 14.5 Å². The van der Waals surface area contributed by atoms with Gasteiger partial charge in [-0.3, -0.25) is 10.1 Å². The molecule has 0 bridgehead atoms. The smallest absolute Gasteiger partial charge is 0.360 e. The van der Waals surface area contributed by atoms with E-state index in [1.54, 1.807) is 10.9 Å². The van der Waals surface area contributed by atoms with Crippen LogP contribution in [0.4, 0.5) is 10.1 Å². The van der Waals surface area contributed by atoms with Crippen LogP contribution < -0.4 is 4.90 Å². The largest absolute Gasteiger partial charge is 0.464 e. The third kappa shape index (κ3) is 3.13. The topological polar surface area (TPSA) is 116 Å². The fraction of sp³-hybridized carbons (Fsp3) is 0.500. The number of ether oxygens (including phenoxy) is 1. The number of esters is 1. The maximum absolute atomic E-state index is 11.4. The van der Waals surface area contributed by atoms with E-state index in [1.807, 2.05) is 4.90 Å². The number of nitro groups is 1. The van der Waals surface area contributed by atoms with Crippen LogP contribution in [0.2, 0.25) is 0 Å². The van der Waals surface area contributed by atoms with Crippen LogP contribution in [0.3, 0.4) is 0 Å². The molecule has 3 heterocycles. The van der Waals surface area contributed by atoms with Gasteiger partial charge in [0, 0.05) is 13.1 Å². The number of piperidine rings is 1. The van der Waals surface area contributed by atoms with Gasteiger partial charge in [-0.1, -0.05) is 5.21 Å². The second kappa shape index (κ2) is 6.28. The van der Waals surface area contributed by atoms with Crippen molar-refractivity contribution in [2.24, 2.45) is 0 Å². The summed E-state index contributed by atoms with van der Waals surface area (Å²) in [6.07, 6.45) is 4.61. The summed E-state index contributed by atoms with van der Waals surface area (Å²) < 4.78 is 6.25. The minimum atomic E-state index is -0.528. The summed E-state index contributed by atoms with van der Waals surface area (Å²) in [5, 5.41) is 19.2. The average molecular weight is 338 g/mol. The fourth-order valence-corrected chi connectivity index (χ4v) is 3.25. The third-order valence-electron chi connectivity index (χ3n) is 3.61. The quantitative estimate of drug-likeness (QED) is 0.465. The van der Waals surface area contributed by atoms with Crippen LogP contribution in [0.25, 0.3) is 0 Å². The molecule has 10 nitrogen and oxygen atoms in total. The Morgan fingerprint density at radius 2 is 2.39 bits per heavy atom. The standard InChI is InChI=1S/C12H14N6O4S/c1-22-11(19)9-7-17(15-14-9)8-3-2-4-16(6-8)12-13-5-10(23-12)18(20)21/h5,7-8H,2-4,6H2,1H3. The zero-order chi connectivity index (χ0) is 16.4. The highest BCUT2D eigenvalue weighted by Gasteiger charge is 2.26. The predicted molar refractivity (Wildman–Crippen MR) is 80.6 cm³/mol. The highest BCUT2D eigenvalue weighted by molar-refractivity contribution is 7.18. The van der Waals surface area contributed by atoms with Gasteiger partial charge in [0.15, 0.2) is 10.8 Å². The number of aromatic nitrogens is 4. The Morgan fingerprint density at radius 3 is 3.09 bits per heavy atom. The van der Waals surface area contributed by atoms with E-state index in [4.69, 9.17) is 0 Å². The first-order chi connectivity index (χ1) is 11.1. The van der Waals surface area contributed by atoms with E-state index in [9.17, 15) is 14.9 Å². The van der Waals surface area contributed by atoms with Gasteiger partial charge >= 0.3 is 11.0 Å². The molecule has 122 valence electrons. The van der Waals surface area contributed by atoms with E-state index in [0.29, 0.717) is 11.7 Å². The second-order valence-corrected chi connectivity index (χ2v) is 6.04. The molecule has 2 aromatic rings. The number of rotatable bonds is 4. The maximum atomic E-state index is 11.4. The Morgan fingerprint density at radius 1 is 1.57 bits per heavy atom. The predicted octanol–water partition coefficient (Wildman–Crippen LogP) is 1.27. The zero-order valence-corrected chi connectivity index (χ0v) is 13.1. The van der Waals surface area contributed by atoms with E-state index in [2.05, 4.69) is 20.0 Å². The van der Waals surface area contributed by atoms with E-state index in [-0.39, 0.29) is 16.7 Å². The van der Waals surface area contributed by atoms with Crippen molar-refractivity contribution in [2.75, 3.05) is 25.1 Å². The molecule has 0 saturated carbocycles. The molecular weight excluding hydrogens is 324 g/mol. The van der Waals surface area contributed by atoms with Gasteiger partial charge in [0.2, 0.25) is 0 Å². The first-order valence-electron chi connectivity index (χ1n) is 6.94. The summed E-state index contributed by atoms with van der Waals surface area (Å²) in [5.41, 5.74) is 0.162. The highest BCUT2D eigenvalue weighted by atomic mass is 32.1. The number of thiazole rings is 1. The zero-order valence-electron chi connectivity index (χ0n) is 12.3. The first-order valence-corrected chi connectivity index (χ1v) is 7.75. The highest BCUT2D eigenvalue weighted by Crippen LogP contribution is 2.32. The number of hydrogen-bond donors (Lipinski definition) is 0. The lowest BCUT2D eigenvalue weighted by Gasteiger charge is -2.32. The second-order valence-electron chi connectivity index (χ2n) is 5.06. The molecule has 11 heteroatoms. The number of carbonyl (C=O) groups excluding carboxylic acids is 1. The SMILES string of the molecule is COC(=O)c1cn(C2CCCN(c3ncc([N+](=O)[O-])s3)C2)nn1. The van der Waals surface area contributed by atoms with Gasteiger partial charge in [-0.2, -0.15) is 0 Å². The van der Waals surface area contributed by atoms with Crippen LogP contribution in [-0.2, 0) is 4.74 Å². The normalized spacial score (nSPS) is 18.0. The number of methoxy groups -OCH3 is 1. The van der Waals surface area contributed by atoms with E-state index in [1.165, 1.54) is 13.3 Å². The Kier molecular flexibility index (Phi) is 4.19. The average Bonchev–Trinajstić information content (AvgIpc) is 3.23. The Labute approximate surface area is 134 Å². The summed E-state index contributed by atoms with van der Waals surface area (Å²) in [6.45, 7) is 1.38. The molecule has 0 N–H and O–H groups in total. The van der Waals surface area contributed by atoms with Crippen molar-refractivity contribution in [1.82, 2.24) is 20.0 Å². The summed E-state index contributed by atoms with van der Waals surface area (Å²) >= 11 is 1.05. The lowest BCUT2D eigenvalue weighted by Crippen LogP contribution is -2.36. The number of hydrogen-bond acceptors (Lipinski definition) is 9. The Hall–Kier alpha value is -2.56. The van der Waals surface area contributed by atoms with Crippen molar-refractivity contribution in [1.29, 1.82) is 0 Å². The van der Waals surface area contributed by atoms with Crippen molar-refractivity contribution in [2.45, 2.75) is 18.9 Å². The lowest BCUT2D eigenvalue weighted by molar-refractivity contribution is -0.380. The molecule has 1 aliphatic rings. The van der Waals surface area contributed by atoms with Gasteiger partial charge in [-0.15, -0.1) is 5.10 Å². The molecule has 0 aromatic carbocycles. The third-order valence-corrected chi connectivity index (χ3v) is 4.62. The van der Waals surface area contributed by atoms with Gasteiger partial charge in [0.25, 0.3) is 0 Å². The number of carbonyl (C=O) groups is 1. The maximum Gasteiger partial charge on any atom is 0.360 e. The molecule has 1 unspecified atom stereocenters. The van der Waals surface area contributed by atoms with Crippen LogP contribution in [-0.4, -0.2) is 51.1 Å². The molecule has 2 aromatic heterocycles. The summed E-state index contributed by atoms with van der Waals surface area (Å²) in [5.74, 6) is -0.528. The van der Waals surface area contributed by atoms with E-state index >= 15 is 0 Å². The molecule has 1 saturated heterocycles. The summed E-state index contributed by atoms with van der Waals surface area (Å²) in [6, 6.07) is 0.0256. The lowest BCUT2D eigenvalue weighted by atomic mass is 10.1. The molecule has 0 amide bonds. The van der Waals surface area contributed by atoms with Gasteiger partial charge in [-0.25, -0.2) is 14.5 Å². The fourth-order valence-electron chi connectivity index (χ4n) is 2.48. The van der Waals surface area contributed by atoms with E-state index in [0.717, 1.165) is 30.7 Å². The molecule has 1 atom stereocenters. The van der Waals surface area contributed by atoms with Crippen molar-refractivity contribution in [3.05, 3.63) is 28.2 Å². The van der Waals surface area contributed by atoms with Crippen molar-refractivity contribution >= 4 is 27.4 Å². The van der Waals surface area contributed by atoms with Gasteiger partial charge < -0.3 is 9.64 Å². The molecule has 0 aliphatic carbocycles. The minimum Gasteiger partial charge on any atom is -0.464 e. The van der Waals surface area contributed by atoms with Crippen molar-refractivity contribution in [3.8, 4) is 0 Å². The molecule has 3 rings (SSSR count). The summed E-state index contributed by atoms with van der Waals surface area (Å²) in [4.78, 5) is 27.9. The molecule has 0 spiro atoms. The number of anilines is 1. The van der Waals surface area contributed by atoms with E-state index < -0.39 is 10.9 Å². The molecule has 1 fully saturated rings. The molecule has 23 heavy (non-hydrogen) atoms. The van der Waals surface area contributed by atoms with Gasteiger partial charge in [-0.05, 0) is 24.2 Å². The molecule has 1 aliphatic heterocycles. The first kappa shape index (κ1) is 15.3. The Balaban J connectivity index is 1.73. The number of nitrogens with zero attached hydrogens (tertiary/aromatic N) is 6. The van der Waals surface area contributed by atoms with Crippen LogP contribution in [0.5, 0.6) is 0 Å². The van der Waals surface area contributed by atoms with Crippen LogP contribution >= 0.6 is 11.3 Å². The minimum absolute atomic E-state index is 0.0239. The van der Waals surface area contributed by atoms with Gasteiger partial charge in [0.1, 0.15) is 6.20 Å². The molecular formula is C12H14N6O4S. The monoisotopic (exact) mass is 338 g/mol. The van der Waals surface area contributed by atoms with Crippen molar-refractivity contribution in [3.63, 3.8) is 0 Å². The molecule has 0 radical (unpaired) electrons. The van der Waals surface area contributed by atoms with Crippen LogP contribution in [0, 0.1) is 10.1 Å². The van der Waals surface area contributed by atoms with Crippen LogP contribution in [0.15, 0.2) is 12.4 Å². The summed E-state index contributed by atoms with van der Waals surface area (Å²) in [7, 11) is 1.29.